The summed E-state index contributed by atoms with van der Waals surface area (Å²) in [6.45, 7) is 0. The molecule has 12 heavy (non-hydrogen) atoms. The van der Waals surface area contributed by atoms with Gasteiger partial charge in [-0.3, -0.25) is 4.79 Å². The van der Waals surface area contributed by atoms with Crippen LogP contribution in [-0.2, 0) is 4.79 Å². The van der Waals surface area contributed by atoms with Crippen molar-refractivity contribution < 1.29 is 14.3 Å². The van der Waals surface area contributed by atoms with Crippen LogP contribution < -0.4 is 0 Å². The van der Waals surface area contributed by atoms with Crippen LogP contribution in [0.2, 0.25) is 0 Å². The molecule has 2 saturated carbocycles. The van der Waals surface area contributed by atoms with Crippen LogP contribution in [0.15, 0.2) is 0 Å². The molecule has 3 heteroatoms. The molecule has 0 saturated heterocycles. The van der Waals surface area contributed by atoms with Crippen molar-refractivity contribution in [3.63, 3.8) is 0 Å². The minimum atomic E-state index is -0.731. The van der Waals surface area contributed by atoms with Crippen LogP contribution in [0, 0.1) is 17.8 Å². The third-order valence-corrected chi connectivity index (χ3v) is 3.39. The zero-order valence-corrected chi connectivity index (χ0v) is 6.87. The Morgan fingerprint density at radius 1 is 1.33 bits per heavy atom. The van der Waals surface area contributed by atoms with Crippen LogP contribution in [0.25, 0.3) is 0 Å². The number of halogens is 1. The van der Waals surface area contributed by atoms with Gasteiger partial charge in [0.15, 0.2) is 0 Å². The molecule has 4 atom stereocenters. The average molecular weight is 172 g/mol. The molecule has 0 spiro atoms. The van der Waals surface area contributed by atoms with Crippen LogP contribution in [0.5, 0.6) is 0 Å². The summed E-state index contributed by atoms with van der Waals surface area (Å²) in [6, 6.07) is 0. The maximum Gasteiger partial charge on any atom is 0.306 e. The second kappa shape index (κ2) is 2.71. The summed E-state index contributed by atoms with van der Waals surface area (Å²) in [7, 11) is 0. The van der Waals surface area contributed by atoms with Crippen LogP contribution in [0.4, 0.5) is 4.39 Å². The Balaban J connectivity index is 2.00. The Morgan fingerprint density at radius 2 is 2.08 bits per heavy atom. The monoisotopic (exact) mass is 172 g/mol. The van der Waals surface area contributed by atoms with Crippen molar-refractivity contribution in [3.05, 3.63) is 0 Å². The van der Waals surface area contributed by atoms with Gasteiger partial charge < -0.3 is 5.11 Å². The minimum Gasteiger partial charge on any atom is -0.481 e. The molecule has 2 fully saturated rings. The lowest BCUT2D eigenvalue weighted by Gasteiger charge is -2.47. The predicted octanol–water partition coefficient (Wildman–Crippen LogP) is 1.85. The fraction of sp³-hybridized carbons (Fsp3) is 0.889. The summed E-state index contributed by atoms with van der Waals surface area (Å²) in [4.78, 5) is 10.6. The highest BCUT2D eigenvalue weighted by atomic mass is 19.1. The summed E-state index contributed by atoms with van der Waals surface area (Å²) >= 11 is 0. The molecular formula is C9H13FO2. The lowest BCUT2D eigenvalue weighted by atomic mass is 9.58. The van der Waals surface area contributed by atoms with E-state index in [-0.39, 0.29) is 17.8 Å². The predicted molar refractivity (Wildman–Crippen MR) is 41.5 cm³/mol. The topological polar surface area (TPSA) is 37.3 Å². The van der Waals surface area contributed by atoms with E-state index in [0.717, 1.165) is 12.8 Å². The molecule has 0 heterocycles. The molecule has 0 amide bonds. The fourth-order valence-corrected chi connectivity index (χ4v) is 2.62. The molecule has 0 aromatic carbocycles. The lowest BCUT2D eigenvalue weighted by molar-refractivity contribution is -0.155. The van der Waals surface area contributed by atoms with Gasteiger partial charge in [-0.15, -0.1) is 0 Å². The van der Waals surface area contributed by atoms with Gasteiger partial charge in [0.1, 0.15) is 6.17 Å². The van der Waals surface area contributed by atoms with Crippen molar-refractivity contribution >= 4 is 5.97 Å². The summed E-state index contributed by atoms with van der Waals surface area (Å²) in [5, 5.41) is 8.74. The molecule has 2 rings (SSSR count). The Hall–Kier alpha value is -0.600. The highest BCUT2D eigenvalue weighted by Crippen LogP contribution is 2.50. The molecule has 0 bridgehead atoms. The van der Waals surface area contributed by atoms with Gasteiger partial charge in [0.2, 0.25) is 0 Å². The highest BCUT2D eigenvalue weighted by Gasteiger charge is 2.50. The average Bonchev–Trinajstić information content (AvgIpc) is 1.92. The number of alkyl halides is 1. The quantitative estimate of drug-likeness (QED) is 0.655. The Kier molecular flexibility index (Phi) is 1.81. The van der Waals surface area contributed by atoms with Crippen molar-refractivity contribution in [1.29, 1.82) is 0 Å². The molecule has 1 N–H and O–H groups in total. The number of hydrogen-bond donors (Lipinski definition) is 1. The largest absolute Gasteiger partial charge is 0.481 e. The number of carbonyl (C=O) groups is 1. The van der Waals surface area contributed by atoms with Crippen LogP contribution in [0.3, 0.4) is 0 Å². The van der Waals surface area contributed by atoms with E-state index in [9.17, 15) is 9.18 Å². The number of rotatable bonds is 1. The summed E-state index contributed by atoms with van der Waals surface area (Å²) in [5.41, 5.74) is 0. The molecule has 0 aromatic rings. The Labute approximate surface area is 70.8 Å². The molecule has 4 unspecified atom stereocenters. The molecule has 68 valence electrons. The molecule has 2 aliphatic carbocycles. The van der Waals surface area contributed by atoms with Crippen molar-refractivity contribution in [3.8, 4) is 0 Å². The highest BCUT2D eigenvalue weighted by molar-refractivity contribution is 5.71. The summed E-state index contributed by atoms with van der Waals surface area (Å²) < 4.78 is 13.1. The van der Waals surface area contributed by atoms with Gasteiger partial charge in [0, 0.05) is 0 Å². The molecule has 0 aliphatic heterocycles. The standard InChI is InChI=1S/C9H13FO2/c10-8-3-1-2-5-6(8)4-7(5)9(11)12/h5-8H,1-4H2,(H,11,12). The normalized spacial score (nSPS) is 46.1. The summed E-state index contributed by atoms with van der Waals surface area (Å²) in [5.74, 6) is -0.759. The molecule has 2 nitrogen and oxygen atoms in total. The number of carboxylic acids is 1. The second-order valence-electron chi connectivity index (χ2n) is 3.96. The molecule has 2 aliphatic rings. The van der Waals surface area contributed by atoms with Crippen molar-refractivity contribution in [2.45, 2.75) is 31.9 Å². The smallest absolute Gasteiger partial charge is 0.306 e. The van der Waals surface area contributed by atoms with E-state index in [1.54, 1.807) is 0 Å². The first-order valence-corrected chi connectivity index (χ1v) is 4.57. The van der Waals surface area contributed by atoms with Crippen molar-refractivity contribution in [2.24, 2.45) is 17.8 Å². The number of aliphatic carboxylic acids is 1. The van der Waals surface area contributed by atoms with E-state index >= 15 is 0 Å². The first-order chi connectivity index (χ1) is 5.70. The van der Waals surface area contributed by atoms with Crippen LogP contribution >= 0.6 is 0 Å². The van der Waals surface area contributed by atoms with E-state index in [1.807, 2.05) is 0 Å². The molecular weight excluding hydrogens is 159 g/mol. The fourth-order valence-electron chi connectivity index (χ4n) is 2.62. The lowest BCUT2D eigenvalue weighted by Crippen LogP contribution is -2.48. The van der Waals surface area contributed by atoms with E-state index in [2.05, 4.69) is 0 Å². The molecule has 0 radical (unpaired) electrons. The zero-order chi connectivity index (χ0) is 8.72. The van der Waals surface area contributed by atoms with Gasteiger partial charge in [0.25, 0.3) is 0 Å². The van der Waals surface area contributed by atoms with Gasteiger partial charge in [-0.2, -0.15) is 0 Å². The first kappa shape index (κ1) is 8.02. The second-order valence-corrected chi connectivity index (χ2v) is 3.96. The van der Waals surface area contributed by atoms with Gasteiger partial charge in [-0.05, 0) is 31.1 Å². The minimum absolute atomic E-state index is 0.0693. The first-order valence-electron chi connectivity index (χ1n) is 4.57. The van der Waals surface area contributed by atoms with E-state index in [4.69, 9.17) is 5.11 Å². The zero-order valence-electron chi connectivity index (χ0n) is 6.87. The number of carboxylic acid groups (broad SMARTS) is 1. The van der Waals surface area contributed by atoms with Crippen molar-refractivity contribution in [2.75, 3.05) is 0 Å². The Bertz CT molecular complexity index is 205. The van der Waals surface area contributed by atoms with Gasteiger partial charge in [-0.25, -0.2) is 4.39 Å². The maximum atomic E-state index is 13.1. The van der Waals surface area contributed by atoms with Gasteiger partial charge in [-0.1, -0.05) is 6.42 Å². The summed E-state index contributed by atoms with van der Waals surface area (Å²) in [6.07, 6.45) is 2.28. The number of hydrogen-bond acceptors (Lipinski definition) is 1. The van der Waals surface area contributed by atoms with Crippen LogP contribution in [0.1, 0.15) is 25.7 Å². The van der Waals surface area contributed by atoms with E-state index in [1.165, 1.54) is 0 Å². The maximum absolute atomic E-state index is 13.1. The SMILES string of the molecule is O=C(O)C1CC2C(F)CCCC12. The third kappa shape index (κ3) is 1.03. The Morgan fingerprint density at radius 3 is 2.75 bits per heavy atom. The van der Waals surface area contributed by atoms with Crippen molar-refractivity contribution in [1.82, 2.24) is 0 Å². The number of fused-ring (bicyclic) bond motifs is 1. The van der Waals surface area contributed by atoms with Crippen LogP contribution in [-0.4, -0.2) is 17.2 Å². The van der Waals surface area contributed by atoms with Gasteiger partial charge >= 0.3 is 5.97 Å². The third-order valence-electron chi connectivity index (χ3n) is 3.39. The van der Waals surface area contributed by atoms with E-state index in [0.29, 0.717) is 12.8 Å². The van der Waals surface area contributed by atoms with E-state index < -0.39 is 12.1 Å². The van der Waals surface area contributed by atoms with Gasteiger partial charge in [0.05, 0.1) is 5.92 Å². The molecule has 0 aromatic heterocycles.